The van der Waals surface area contributed by atoms with Crippen LogP contribution in [0.25, 0.3) is 0 Å². The van der Waals surface area contributed by atoms with Crippen molar-refractivity contribution in [1.82, 2.24) is 15.3 Å². The van der Waals surface area contributed by atoms with Crippen LogP contribution >= 0.6 is 15.9 Å². The summed E-state index contributed by atoms with van der Waals surface area (Å²) in [6.45, 7) is 0. The number of carboxylic acids is 1. The highest BCUT2D eigenvalue weighted by molar-refractivity contribution is 9.10. The van der Waals surface area contributed by atoms with E-state index in [1.807, 2.05) is 0 Å². The Hall–Kier alpha value is -2.22. The molecule has 6 nitrogen and oxygen atoms in total. The number of imidazole rings is 1. The van der Waals surface area contributed by atoms with E-state index in [0.717, 1.165) is 6.07 Å². The van der Waals surface area contributed by atoms with Gasteiger partial charge in [0.05, 0.1) is 11.9 Å². The summed E-state index contributed by atoms with van der Waals surface area (Å²) in [5, 5.41) is 11.5. The number of aliphatic carboxylic acids is 1. The highest BCUT2D eigenvalue weighted by Crippen LogP contribution is 2.18. The summed E-state index contributed by atoms with van der Waals surface area (Å²) in [6.07, 6.45) is 2.94. The number of halogens is 2. The van der Waals surface area contributed by atoms with E-state index < -0.39 is 23.7 Å². The fourth-order valence-electron chi connectivity index (χ4n) is 1.72. The van der Waals surface area contributed by atoms with Crippen LogP contribution in [0, 0.1) is 5.82 Å². The highest BCUT2D eigenvalue weighted by atomic mass is 79.9. The first-order valence-electron chi connectivity index (χ1n) is 5.93. The van der Waals surface area contributed by atoms with Crippen LogP contribution in [-0.4, -0.2) is 33.0 Å². The molecule has 2 rings (SSSR count). The van der Waals surface area contributed by atoms with Crippen molar-refractivity contribution >= 4 is 27.8 Å². The lowest BCUT2D eigenvalue weighted by Gasteiger charge is -2.14. The van der Waals surface area contributed by atoms with Crippen molar-refractivity contribution in [3.8, 4) is 0 Å². The molecule has 2 aromatic rings. The second-order valence-electron chi connectivity index (χ2n) is 4.27. The number of hydrogen-bond acceptors (Lipinski definition) is 3. The zero-order chi connectivity index (χ0) is 15.4. The van der Waals surface area contributed by atoms with Gasteiger partial charge in [0.25, 0.3) is 5.91 Å². The number of benzene rings is 1. The van der Waals surface area contributed by atoms with Crippen LogP contribution in [0.3, 0.4) is 0 Å². The molecule has 3 N–H and O–H groups in total. The SMILES string of the molecule is O=C(NC(Cc1cnc[nH]1)C(=O)O)c1cc(F)ccc1Br. The van der Waals surface area contributed by atoms with Crippen molar-refractivity contribution in [2.45, 2.75) is 12.5 Å². The van der Waals surface area contributed by atoms with E-state index in [4.69, 9.17) is 5.11 Å². The van der Waals surface area contributed by atoms with E-state index in [1.165, 1.54) is 24.7 Å². The Morgan fingerprint density at radius 2 is 2.24 bits per heavy atom. The van der Waals surface area contributed by atoms with Gasteiger partial charge >= 0.3 is 5.97 Å². The number of nitrogens with zero attached hydrogens (tertiary/aromatic N) is 1. The van der Waals surface area contributed by atoms with Crippen molar-refractivity contribution in [3.05, 3.63) is 52.3 Å². The topological polar surface area (TPSA) is 95.1 Å². The summed E-state index contributed by atoms with van der Waals surface area (Å²) >= 11 is 3.13. The van der Waals surface area contributed by atoms with Gasteiger partial charge in [-0.1, -0.05) is 0 Å². The maximum absolute atomic E-state index is 13.2. The molecule has 0 aliphatic heterocycles. The molecule has 1 atom stereocenters. The molecule has 0 saturated carbocycles. The van der Waals surface area contributed by atoms with Gasteiger partial charge in [-0.25, -0.2) is 14.2 Å². The summed E-state index contributed by atoms with van der Waals surface area (Å²) in [7, 11) is 0. The molecule has 1 aromatic carbocycles. The maximum Gasteiger partial charge on any atom is 0.326 e. The minimum Gasteiger partial charge on any atom is -0.480 e. The lowest BCUT2D eigenvalue weighted by Crippen LogP contribution is -2.42. The summed E-state index contributed by atoms with van der Waals surface area (Å²) in [5.74, 6) is -2.44. The maximum atomic E-state index is 13.2. The van der Waals surface area contributed by atoms with Crippen molar-refractivity contribution < 1.29 is 19.1 Å². The van der Waals surface area contributed by atoms with Crippen molar-refractivity contribution in [2.24, 2.45) is 0 Å². The molecular formula is C13H11BrFN3O3. The molecule has 1 aromatic heterocycles. The Balaban J connectivity index is 2.14. The predicted molar refractivity (Wildman–Crippen MR) is 75.3 cm³/mol. The van der Waals surface area contributed by atoms with E-state index in [2.05, 4.69) is 31.2 Å². The van der Waals surface area contributed by atoms with Crippen molar-refractivity contribution in [1.29, 1.82) is 0 Å². The minimum absolute atomic E-state index is 0.0332. The number of H-pyrrole nitrogens is 1. The third kappa shape index (κ3) is 3.88. The molecule has 0 fully saturated rings. The lowest BCUT2D eigenvalue weighted by molar-refractivity contribution is -0.139. The van der Waals surface area contributed by atoms with E-state index in [1.54, 1.807) is 0 Å². The molecule has 1 unspecified atom stereocenters. The molecule has 0 saturated heterocycles. The number of amides is 1. The van der Waals surface area contributed by atoms with Gasteiger partial charge in [-0.2, -0.15) is 0 Å². The van der Waals surface area contributed by atoms with E-state index in [0.29, 0.717) is 10.2 Å². The van der Waals surface area contributed by atoms with E-state index >= 15 is 0 Å². The van der Waals surface area contributed by atoms with Crippen LogP contribution in [0.1, 0.15) is 16.1 Å². The van der Waals surface area contributed by atoms with E-state index in [-0.39, 0.29) is 12.0 Å². The van der Waals surface area contributed by atoms with Crippen LogP contribution in [0.2, 0.25) is 0 Å². The van der Waals surface area contributed by atoms with Gasteiger partial charge < -0.3 is 15.4 Å². The number of carbonyl (C=O) groups is 2. The Kier molecular flexibility index (Phi) is 4.69. The summed E-state index contributed by atoms with van der Waals surface area (Å²) in [6, 6.07) is 2.47. The lowest BCUT2D eigenvalue weighted by atomic mass is 10.1. The number of aromatic amines is 1. The van der Waals surface area contributed by atoms with Crippen molar-refractivity contribution in [2.75, 3.05) is 0 Å². The zero-order valence-electron chi connectivity index (χ0n) is 10.6. The van der Waals surface area contributed by atoms with Gasteiger partial charge in [-0.05, 0) is 34.1 Å². The Bertz CT molecular complexity index is 661. The van der Waals surface area contributed by atoms with Crippen LogP contribution in [0.4, 0.5) is 4.39 Å². The monoisotopic (exact) mass is 355 g/mol. The molecular weight excluding hydrogens is 345 g/mol. The summed E-state index contributed by atoms with van der Waals surface area (Å²) in [4.78, 5) is 29.8. The number of rotatable bonds is 5. The molecule has 8 heteroatoms. The first kappa shape index (κ1) is 15.2. The standard InChI is InChI=1S/C13H11BrFN3O3/c14-10-2-1-7(15)3-9(10)12(19)18-11(13(20)21)4-8-5-16-6-17-8/h1-3,5-6,11H,4H2,(H,16,17)(H,18,19)(H,20,21). The fourth-order valence-corrected chi connectivity index (χ4v) is 2.15. The molecule has 0 spiro atoms. The normalized spacial score (nSPS) is 11.9. The Morgan fingerprint density at radius 1 is 1.48 bits per heavy atom. The highest BCUT2D eigenvalue weighted by Gasteiger charge is 2.23. The third-order valence-corrected chi connectivity index (χ3v) is 3.45. The number of nitrogens with one attached hydrogen (secondary N) is 2. The second-order valence-corrected chi connectivity index (χ2v) is 5.12. The summed E-state index contributed by atoms with van der Waals surface area (Å²) < 4.78 is 13.6. The largest absolute Gasteiger partial charge is 0.480 e. The van der Waals surface area contributed by atoms with Gasteiger partial charge in [0.1, 0.15) is 11.9 Å². The number of aromatic nitrogens is 2. The fraction of sp³-hybridized carbons (Fsp3) is 0.154. The Morgan fingerprint density at radius 3 is 2.86 bits per heavy atom. The molecule has 1 heterocycles. The van der Waals surface area contributed by atoms with Gasteiger partial charge in [0.15, 0.2) is 0 Å². The van der Waals surface area contributed by atoms with Crippen molar-refractivity contribution in [3.63, 3.8) is 0 Å². The van der Waals surface area contributed by atoms with E-state index in [9.17, 15) is 14.0 Å². The van der Waals surface area contributed by atoms with Gasteiger partial charge in [0.2, 0.25) is 0 Å². The van der Waals surface area contributed by atoms with Gasteiger partial charge in [0, 0.05) is 22.8 Å². The average molecular weight is 356 g/mol. The molecule has 1 amide bonds. The minimum atomic E-state index is -1.19. The summed E-state index contributed by atoms with van der Waals surface area (Å²) in [5.41, 5.74) is 0.604. The van der Waals surface area contributed by atoms with Gasteiger partial charge in [-0.3, -0.25) is 4.79 Å². The smallest absolute Gasteiger partial charge is 0.326 e. The van der Waals surface area contributed by atoms with Crippen LogP contribution < -0.4 is 5.32 Å². The third-order valence-electron chi connectivity index (χ3n) is 2.76. The average Bonchev–Trinajstić information content (AvgIpc) is 2.93. The molecule has 21 heavy (non-hydrogen) atoms. The van der Waals surface area contributed by atoms with Crippen LogP contribution in [0.5, 0.6) is 0 Å². The molecule has 110 valence electrons. The first-order chi connectivity index (χ1) is 9.97. The molecule has 0 radical (unpaired) electrons. The van der Waals surface area contributed by atoms with Crippen LogP contribution in [-0.2, 0) is 11.2 Å². The molecule has 0 bridgehead atoms. The number of hydrogen-bond donors (Lipinski definition) is 3. The predicted octanol–water partition coefficient (Wildman–Crippen LogP) is 1.74. The molecule has 0 aliphatic carbocycles. The van der Waals surface area contributed by atoms with Crippen LogP contribution in [0.15, 0.2) is 35.2 Å². The second kappa shape index (κ2) is 6.49. The quantitative estimate of drug-likeness (QED) is 0.761. The Labute approximate surface area is 127 Å². The molecule has 0 aliphatic rings. The number of carbonyl (C=O) groups excluding carboxylic acids is 1. The first-order valence-corrected chi connectivity index (χ1v) is 6.72. The van der Waals surface area contributed by atoms with Gasteiger partial charge in [-0.15, -0.1) is 0 Å². The number of carboxylic acid groups (broad SMARTS) is 1. The zero-order valence-corrected chi connectivity index (χ0v) is 12.2.